The summed E-state index contributed by atoms with van der Waals surface area (Å²) in [7, 11) is -2.72. The highest BCUT2D eigenvalue weighted by Crippen LogP contribution is 2.26. The van der Waals surface area contributed by atoms with E-state index in [0.29, 0.717) is 0 Å². The summed E-state index contributed by atoms with van der Waals surface area (Å²) in [6.45, 7) is 3.60. The maximum Gasteiger partial charge on any atom is 0.247 e. The van der Waals surface area contributed by atoms with Crippen LogP contribution in [0.2, 0.25) is 0 Å². The number of anilines is 1. The van der Waals surface area contributed by atoms with Crippen molar-refractivity contribution in [1.29, 1.82) is 0 Å². The largest absolute Gasteiger partial charge is 0.495 e. The smallest absolute Gasteiger partial charge is 0.247 e. The molecule has 2 rings (SSSR count). The fraction of sp³-hybridized carbons (Fsp3) is 0.300. The van der Waals surface area contributed by atoms with Crippen molar-refractivity contribution in [1.82, 2.24) is 5.32 Å². The first-order chi connectivity index (χ1) is 13.6. The van der Waals surface area contributed by atoms with Gasteiger partial charge in [0, 0.05) is 5.69 Å². The molecule has 0 saturated heterocycles. The Hall–Kier alpha value is -2.91. The van der Waals surface area contributed by atoms with Gasteiger partial charge in [0.1, 0.15) is 16.7 Å². The van der Waals surface area contributed by atoms with E-state index >= 15 is 0 Å². The lowest BCUT2D eigenvalue weighted by molar-refractivity contribution is -0.127. The van der Waals surface area contributed by atoms with Crippen molar-refractivity contribution in [2.45, 2.75) is 31.2 Å². The molecule has 0 aliphatic rings. The highest BCUT2D eigenvalue weighted by Gasteiger charge is 2.25. The summed E-state index contributed by atoms with van der Waals surface area (Å²) < 4.78 is 28.5. The Balaban J connectivity index is 2.14. The lowest BCUT2D eigenvalue weighted by Crippen LogP contribution is -2.47. The van der Waals surface area contributed by atoms with Crippen molar-refractivity contribution in [3.05, 3.63) is 54.1 Å². The van der Waals surface area contributed by atoms with E-state index in [2.05, 4.69) is 10.6 Å². The summed E-state index contributed by atoms with van der Waals surface area (Å²) in [5.74, 6) is -0.871. The summed E-state index contributed by atoms with van der Waals surface area (Å²) in [6.07, 6.45) is 0.148. The highest BCUT2D eigenvalue weighted by molar-refractivity contribution is 7.89. The summed E-state index contributed by atoms with van der Waals surface area (Å²) in [6, 6.07) is 12.5. The van der Waals surface area contributed by atoms with E-state index in [1.165, 1.54) is 25.3 Å². The molecule has 0 bridgehead atoms. The average molecular weight is 420 g/mol. The zero-order valence-electron chi connectivity index (χ0n) is 16.5. The van der Waals surface area contributed by atoms with Gasteiger partial charge in [-0.25, -0.2) is 13.6 Å². The number of methoxy groups -OCH3 is 1. The van der Waals surface area contributed by atoms with E-state index in [4.69, 9.17) is 9.88 Å². The van der Waals surface area contributed by atoms with Crippen LogP contribution in [-0.2, 0) is 26.0 Å². The van der Waals surface area contributed by atoms with Gasteiger partial charge in [-0.15, -0.1) is 0 Å². The topological polar surface area (TPSA) is 128 Å². The molecule has 1 atom stereocenters. The minimum atomic E-state index is -4.04. The van der Waals surface area contributed by atoms with Crippen LogP contribution in [0.25, 0.3) is 0 Å². The second kappa shape index (κ2) is 9.53. The van der Waals surface area contributed by atoms with E-state index in [-0.39, 0.29) is 34.6 Å². The van der Waals surface area contributed by atoms with Crippen LogP contribution in [0, 0.1) is 5.92 Å². The minimum absolute atomic E-state index is 0.0714. The van der Waals surface area contributed by atoms with Crippen LogP contribution in [-0.4, -0.2) is 33.4 Å². The molecule has 2 aromatic carbocycles. The van der Waals surface area contributed by atoms with Crippen LogP contribution in [0.3, 0.4) is 0 Å². The van der Waals surface area contributed by atoms with Gasteiger partial charge in [-0.2, -0.15) is 0 Å². The number of benzene rings is 2. The summed E-state index contributed by atoms with van der Waals surface area (Å²) in [5, 5.41) is 10.6. The molecule has 0 heterocycles. The molecule has 0 aliphatic carbocycles. The van der Waals surface area contributed by atoms with Crippen LogP contribution in [0.5, 0.6) is 5.75 Å². The van der Waals surface area contributed by atoms with Gasteiger partial charge in [0.25, 0.3) is 0 Å². The molecule has 2 aromatic rings. The Bertz CT molecular complexity index is 975. The fourth-order valence-corrected chi connectivity index (χ4v) is 3.46. The first kappa shape index (κ1) is 22.4. The van der Waals surface area contributed by atoms with E-state index in [1.54, 1.807) is 13.8 Å². The molecule has 0 aromatic heterocycles. The standard InChI is InChI=1S/C20H25N3O5S/c1-13(2)19(23-18(24)11-14-7-5-4-6-8-14)20(25)22-15-9-10-16(28-3)17(12-15)29(21,26)27/h4-10,12-13,19H,11H2,1-3H3,(H,22,25)(H,23,24)(H2,21,26,27). The monoisotopic (exact) mass is 419 g/mol. The molecule has 0 fully saturated rings. The van der Waals surface area contributed by atoms with Crippen LogP contribution in [0.1, 0.15) is 19.4 Å². The number of ether oxygens (including phenoxy) is 1. The van der Waals surface area contributed by atoms with Crippen molar-refractivity contribution in [3.63, 3.8) is 0 Å². The van der Waals surface area contributed by atoms with Gasteiger partial charge in [-0.3, -0.25) is 9.59 Å². The third kappa shape index (κ3) is 6.30. The lowest BCUT2D eigenvalue weighted by Gasteiger charge is -2.22. The molecule has 156 valence electrons. The van der Waals surface area contributed by atoms with Crippen molar-refractivity contribution < 1.29 is 22.7 Å². The molecule has 8 nitrogen and oxygen atoms in total. The number of sulfonamides is 1. The minimum Gasteiger partial charge on any atom is -0.495 e. The zero-order valence-corrected chi connectivity index (χ0v) is 17.3. The van der Waals surface area contributed by atoms with Crippen LogP contribution in [0.4, 0.5) is 5.69 Å². The number of amides is 2. The van der Waals surface area contributed by atoms with Crippen molar-refractivity contribution in [2.24, 2.45) is 11.1 Å². The molecule has 2 amide bonds. The molecule has 1 unspecified atom stereocenters. The Morgan fingerprint density at radius 3 is 2.31 bits per heavy atom. The van der Waals surface area contributed by atoms with Gasteiger partial charge in [-0.1, -0.05) is 44.2 Å². The van der Waals surface area contributed by atoms with Gasteiger partial charge in [0.15, 0.2) is 0 Å². The zero-order chi connectivity index (χ0) is 21.6. The van der Waals surface area contributed by atoms with E-state index in [9.17, 15) is 18.0 Å². The molecular weight excluding hydrogens is 394 g/mol. The Morgan fingerprint density at radius 1 is 1.10 bits per heavy atom. The van der Waals surface area contributed by atoms with Crippen molar-refractivity contribution in [2.75, 3.05) is 12.4 Å². The molecule has 0 spiro atoms. The van der Waals surface area contributed by atoms with Gasteiger partial charge in [0.05, 0.1) is 13.5 Å². The average Bonchev–Trinajstić information content (AvgIpc) is 2.65. The number of primary sulfonamides is 1. The number of carbonyl (C=O) groups excluding carboxylic acids is 2. The number of nitrogens with one attached hydrogen (secondary N) is 2. The third-order valence-corrected chi connectivity index (χ3v) is 5.14. The highest BCUT2D eigenvalue weighted by atomic mass is 32.2. The molecule has 4 N–H and O–H groups in total. The Morgan fingerprint density at radius 2 is 1.76 bits per heavy atom. The molecule has 29 heavy (non-hydrogen) atoms. The lowest BCUT2D eigenvalue weighted by atomic mass is 10.0. The first-order valence-corrected chi connectivity index (χ1v) is 10.5. The fourth-order valence-electron chi connectivity index (χ4n) is 2.74. The number of carbonyl (C=O) groups is 2. The summed E-state index contributed by atoms with van der Waals surface area (Å²) in [5.41, 5.74) is 1.06. The van der Waals surface area contributed by atoms with E-state index in [0.717, 1.165) is 5.56 Å². The molecule has 0 radical (unpaired) electrons. The number of hydrogen-bond donors (Lipinski definition) is 3. The van der Waals surface area contributed by atoms with E-state index in [1.807, 2.05) is 30.3 Å². The van der Waals surface area contributed by atoms with Gasteiger partial charge in [0.2, 0.25) is 21.8 Å². The van der Waals surface area contributed by atoms with Crippen molar-refractivity contribution >= 4 is 27.5 Å². The van der Waals surface area contributed by atoms with Crippen molar-refractivity contribution in [3.8, 4) is 5.75 Å². The quantitative estimate of drug-likeness (QED) is 0.600. The second-order valence-electron chi connectivity index (χ2n) is 6.85. The summed E-state index contributed by atoms with van der Waals surface area (Å²) in [4.78, 5) is 24.8. The van der Waals surface area contributed by atoms with E-state index < -0.39 is 22.0 Å². The second-order valence-corrected chi connectivity index (χ2v) is 8.38. The molecule has 9 heteroatoms. The third-order valence-electron chi connectivity index (χ3n) is 4.21. The molecule has 0 aliphatic heterocycles. The Labute approximate surface area is 170 Å². The number of nitrogens with two attached hydrogens (primary N) is 1. The molecular formula is C20H25N3O5S. The maximum atomic E-state index is 12.7. The van der Waals surface area contributed by atoms with Gasteiger partial charge in [-0.05, 0) is 29.7 Å². The SMILES string of the molecule is COc1ccc(NC(=O)C(NC(=O)Cc2ccccc2)C(C)C)cc1S(N)(=O)=O. The van der Waals surface area contributed by atoms with Gasteiger partial charge < -0.3 is 15.4 Å². The van der Waals surface area contributed by atoms with Gasteiger partial charge >= 0.3 is 0 Å². The normalized spacial score (nSPS) is 12.3. The maximum absolute atomic E-state index is 12.7. The molecule has 0 saturated carbocycles. The van der Waals surface area contributed by atoms with Crippen LogP contribution >= 0.6 is 0 Å². The first-order valence-electron chi connectivity index (χ1n) is 8.96. The predicted octanol–water partition coefficient (Wildman–Crippen LogP) is 1.66. The number of rotatable bonds is 8. The Kier molecular flexibility index (Phi) is 7.35. The van der Waals surface area contributed by atoms with Crippen LogP contribution < -0.4 is 20.5 Å². The van der Waals surface area contributed by atoms with Crippen LogP contribution in [0.15, 0.2) is 53.4 Å². The predicted molar refractivity (Wildman–Crippen MR) is 110 cm³/mol. The summed E-state index contributed by atoms with van der Waals surface area (Å²) >= 11 is 0. The number of hydrogen-bond acceptors (Lipinski definition) is 5.